The lowest BCUT2D eigenvalue weighted by atomic mass is 10.2. The maximum atomic E-state index is 12.8. The van der Waals surface area contributed by atoms with Crippen LogP contribution in [0.3, 0.4) is 0 Å². The fourth-order valence-corrected chi connectivity index (χ4v) is 3.34. The molecule has 10 heteroatoms. The van der Waals surface area contributed by atoms with Crippen LogP contribution in [0.2, 0.25) is 0 Å². The predicted octanol–water partition coefficient (Wildman–Crippen LogP) is 4.40. The first kappa shape index (κ1) is 19.0. The van der Waals surface area contributed by atoms with Gasteiger partial charge in [-0.3, -0.25) is 0 Å². The summed E-state index contributed by atoms with van der Waals surface area (Å²) in [6.07, 6.45) is -3.17. The van der Waals surface area contributed by atoms with Gasteiger partial charge in [-0.15, -0.1) is 5.10 Å². The lowest BCUT2D eigenvalue weighted by Gasteiger charge is -2.10. The van der Waals surface area contributed by atoms with Crippen LogP contribution in [-0.2, 0) is 12.7 Å². The monoisotopic (exact) mass is 423 g/mol. The van der Waals surface area contributed by atoms with Crippen molar-refractivity contribution in [3.8, 4) is 5.69 Å². The zero-order valence-corrected chi connectivity index (χ0v) is 16.3. The summed E-state index contributed by atoms with van der Waals surface area (Å²) in [7, 11) is 0. The average Bonchev–Trinajstić information content (AvgIpc) is 3.39. The number of anilines is 1. The van der Waals surface area contributed by atoms with E-state index >= 15 is 0 Å². The van der Waals surface area contributed by atoms with Crippen LogP contribution >= 0.6 is 0 Å². The van der Waals surface area contributed by atoms with Crippen LogP contribution in [0.5, 0.6) is 0 Å². The van der Waals surface area contributed by atoms with Crippen molar-refractivity contribution in [2.24, 2.45) is 0 Å². The van der Waals surface area contributed by atoms with Gasteiger partial charge in [0.15, 0.2) is 11.3 Å². The summed E-state index contributed by atoms with van der Waals surface area (Å²) in [5, 5.41) is 12.2. The average molecular weight is 423 g/mol. The second-order valence-corrected chi connectivity index (χ2v) is 7.01. The summed E-state index contributed by atoms with van der Waals surface area (Å²) in [6.45, 7) is 2.27. The summed E-state index contributed by atoms with van der Waals surface area (Å²) >= 11 is 0. The molecule has 5 aromatic rings. The van der Waals surface area contributed by atoms with Crippen LogP contribution in [0.1, 0.15) is 17.1 Å². The number of alkyl halides is 3. The van der Waals surface area contributed by atoms with E-state index in [0.717, 1.165) is 28.2 Å². The highest BCUT2D eigenvalue weighted by molar-refractivity contribution is 5.92. The maximum Gasteiger partial charge on any atom is 0.435 e. The van der Waals surface area contributed by atoms with E-state index in [9.17, 15) is 13.2 Å². The van der Waals surface area contributed by atoms with Crippen LogP contribution in [0.4, 0.5) is 19.1 Å². The second kappa shape index (κ2) is 7.08. The van der Waals surface area contributed by atoms with Gasteiger partial charge in [-0.25, -0.2) is 14.6 Å². The predicted molar refractivity (Wildman–Crippen MR) is 109 cm³/mol. The van der Waals surface area contributed by atoms with Crippen molar-refractivity contribution in [2.75, 3.05) is 5.32 Å². The maximum absolute atomic E-state index is 12.8. The molecule has 0 bridgehead atoms. The fourth-order valence-electron chi connectivity index (χ4n) is 3.34. The summed E-state index contributed by atoms with van der Waals surface area (Å²) in [6, 6.07) is 15.7. The first-order valence-corrected chi connectivity index (χ1v) is 9.47. The molecule has 0 saturated carbocycles. The number of nitrogens with one attached hydrogen (secondary N) is 1. The largest absolute Gasteiger partial charge is 0.435 e. The summed E-state index contributed by atoms with van der Waals surface area (Å²) in [5.74, 6) is 1.20. The van der Waals surface area contributed by atoms with Crippen LogP contribution in [0, 0.1) is 6.92 Å². The Bertz CT molecular complexity index is 1380. The van der Waals surface area contributed by atoms with E-state index in [-0.39, 0.29) is 0 Å². The van der Waals surface area contributed by atoms with Gasteiger partial charge in [0.05, 0.1) is 11.2 Å². The molecule has 0 unspecified atom stereocenters. The molecule has 3 heterocycles. The number of fused-ring (bicyclic) bond motifs is 3. The Morgan fingerprint density at radius 3 is 2.45 bits per heavy atom. The quantitative estimate of drug-likeness (QED) is 0.464. The first-order chi connectivity index (χ1) is 14.9. The molecule has 7 nitrogen and oxygen atoms in total. The van der Waals surface area contributed by atoms with E-state index in [0.29, 0.717) is 24.0 Å². The van der Waals surface area contributed by atoms with Gasteiger partial charge >= 0.3 is 6.18 Å². The molecule has 5 rings (SSSR count). The van der Waals surface area contributed by atoms with Gasteiger partial charge in [-0.1, -0.05) is 24.3 Å². The highest BCUT2D eigenvalue weighted by atomic mass is 19.4. The molecule has 0 amide bonds. The minimum atomic E-state index is -4.47. The molecule has 156 valence electrons. The van der Waals surface area contributed by atoms with Crippen molar-refractivity contribution in [3.05, 3.63) is 77.9 Å². The van der Waals surface area contributed by atoms with E-state index in [1.165, 1.54) is 10.9 Å². The molecule has 0 aliphatic heterocycles. The van der Waals surface area contributed by atoms with E-state index < -0.39 is 11.9 Å². The third-order valence-corrected chi connectivity index (χ3v) is 4.82. The molecule has 0 atom stereocenters. The molecule has 0 radical (unpaired) electrons. The molecule has 1 N–H and O–H groups in total. The lowest BCUT2D eigenvalue weighted by Crippen LogP contribution is -2.08. The second-order valence-electron chi connectivity index (χ2n) is 7.01. The van der Waals surface area contributed by atoms with E-state index in [1.807, 2.05) is 43.3 Å². The van der Waals surface area contributed by atoms with Crippen molar-refractivity contribution in [1.82, 2.24) is 29.4 Å². The molecule has 0 aliphatic carbocycles. The van der Waals surface area contributed by atoms with Crippen LogP contribution in [0.25, 0.3) is 22.2 Å². The molecule has 2 aromatic carbocycles. The SMILES string of the molecule is Cc1nc2c3ccccc3nc(NCc3ccc(-n4ccc(C(F)(F)F)n4)cc3)n2n1. The number of hydrogen-bond donors (Lipinski definition) is 1. The standard InChI is InChI=1S/C21H16F3N7/c1-13-26-19-16-4-2-3-5-17(16)27-20(31(19)28-13)25-12-14-6-8-15(9-7-14)30-11-10-18(29-30)21(22,23)24/h2-11H,12H2,1H3,(H,25,27). The minimum absolute atomic E-state index is 0.451. The highest BCUT2D eigenvalue weighted by Gasteiger charge is 2.33. The minimum Gasteiger partial charge on any atom is -0.350 e. The normalized spacial score (nSPS) is 12.0. The number of benzene rings is 2. The van der Waals surface area contributed by atoms with E-state index in [2.05, 4.69) is 25.5 Å². The fraction of sp³-hybridized carbons (Fsp3) is 0.143. The number of hydrogen-bond acceptors (Lipinski definition) is 5. The molecule has 0 aliphatic rings. The van der Waals surface area contributed by atoms with Gasteiger partial charge in [-0.2, -0.15) is 22.8 Å². The van der Waals surface area contributed by atoms with Crippen LogP contribution < -0.4 is 5.32 Å². The molecule has 3 aromatic heterocycles. The third-order valence-electron chi connectivity index (χ3n) is 4.82. The number of para-hydroxylation sites is 1. The lowest BCUT2D eigenvalue weighted by molar-refractivity contribution is -0.141. The summed E-state index contributed by atoms with van der Waals surface area (Å²) < 4.78 is 41.1. The molecular weight excluding hydrogens is 407 g/mol. The molecule has 0 spiro atoms. The Kier molecular flexibility index (Phi) is 4.35. The van der Waals surface area contributed by atoms with Gasteiger partial charge in [-0.05, 0) is 42.8 Å². The number of rotatable bonds is 4. The zero-order chi connectivity index (χ0) is 21.6. The van der Waals surface area contributed by atoms with E-state index in [4.69, 9.17) is 0 Å². The van der Waals surface area contributed by atoms with Gasteiger partial charge in [0.2, 0.25) is 5.95 Å². The number of aryl methyl sites for hydroxylation is 1. The molecule has 0 saturated heterocycles. The number of halogens is 3. The Labute approximate surface area is 174 Å². The van der Waals surface area contributed by atoms with Crippen molar-refractivity contribution in [2.45, 2.75) is 19.6 Å². The van der Waals surface area contributed by atoms with Gasteiger partial charge in [0.1, 0.15) is 5.82 Å². The van der Waals surface area contributed by atoms with Gasteiger partial charge in [0.25, 0.3) is 0 Å². The van der Waals surface area contributed by atoms with Gasteiger partial charge < -0.3 is 5.32 Å². The van der Waals surface area contributed by atoms with Crippen molar-refractivity contribution >= 4 is 22.5 Å². The molecular formula is C21H16F3N7. The summed E-state index contributed by atoms with van der Waals surface area (Å²) in [4.78, 5) is 9.15. The summed E-state index contributed by atoms with van der Waals surface area (Å²) in [5.41, 5.74) is 2.07. The smallest absolute Gasteiger partial charge is 0.350 e. The molecule has 0 fully saturated rings. The Balaban J connectivity index is 1.39. The van der Waals surface area contributed by atoms with Crippen molar-refractivity contribution in [3.63, 3.8) is 0 Å². The van der Waals surface area contributed by atoms with Crippen LogP contribution in [-0.4, -0.2) is 29.4 Å². The van der Waals surface area contributed by atoms with Crippen LogP contribution in [0.15, 0.2) is 60.8 Å². The van der Waals surface area contributed by atoms with E-state index in [1.54, 1.807) is 16.6 Å². The first-order valence-electron chi connectivity index (χ1n) is 9.47. The topological polar surface area (TPSA) is 72.9 Å². The number of nitrogens with zero attached hydrogens (tertiary/aromatic N) is 6. The van der Waals surface area contributed by atoms with Gasteiger partial charge in [0, 0.05) is 18.1 Å². The van der Waals surface area contributed by atoms with Crippen molar-refractivity contribution < 1.29 is 13.2 Å². The zero-order valence-electron chi connectivity index (χ0n) is 16.3. The van der Waals surface area contributed by atoms with Crippen molar-refractivity contribution in [1.29, 1.82) is 0 Å². The third kappa shape index (κ3) is 3.56. The molecule has 31 heavy (non-hydrogen) atoms. The Hall–Kier alpha value is -3.95. The Morgan fingerprint density at radius 2 is 1.71 bits per heavy atom. The highest BCUT2D eigenvalue weighted by Crippen LogP contribution is 2.28. The number of aromatic nitrogens is 6. The Morgan fingerprint density at radius 1 is 0.935 bits per heavy atom.